The third-order valence-corrected chi connectivity index (χ3v) is 2.86. The molecule has 1 heterocycles. The first-order valence-corrected chi connectivity index (χ1v) is 5.86. The van der Waals surface area contributed by atoms with Crippen LogP contribution in [0.4, 0.5) is 0 Å². The summed E-state index contributed by atoms with van der Waals surface area (Å²) in [5.41, 5.74) is 0.909. The van der Waals surface area contributed by atoms with Gasteiger partial charge >= 0.3 is 0 Å². The van der Waals surface area contributed by atoms with Crippen LogP contribution in [0.3, 0.4) is 0 Å². The number of hydrogen-bond acceptors (Lipinski definition) is 3. The average Bonchev–Trinajstić information content (AvgIpc) is 2.67. The molecule has 1 aromatic carbocycles. The van der Waals surface area contributed by atoms with Crippen molar-refractivity contribution in [3.05, 3.63) is 34.6 Å². The molecular formula is C9H6Br2N2O. The number of benzene rings is 1. The minimum Gasteiger partial charge on any atom is -0.420 e. The number of aromatic nitrogens is 2. The standard InChI is InChI=1S/C9H6Br2N2O/c10-5-8-12-13-9(14-8)6-3-1-2-4-7(6)11/h1-4H,5H2. The second kappa shape index (κ2) is 4.23. The molecule has 0 bridgehead atoms. The van der Waals surface area contributed by atoms with Crippen molar-refractivity contribution in [1.82, 2.24) is 10.2 Å². The molecule has 0 saturated carbocycles. The molecule has 3 nitrogen and oxygen atoms in total. The van der Waals surface area contributed by atoms with Crippen molar-refractivity contribution in [1.29, 1.82) is 0 Å². The van der Waals surface area contributed by atoms with Crippen LogP contribution < -0.4 is 0 Å². The zero-order valence-corrected chi connectivity index (χ0v) is 10.2. The van der Waals surface area contributed by atoms with Crippen molar-refractivity contribution >= 4 is 31.9 Å². The van der Waals surface area contributed by atoms with Gasteiger partial charge in [-0.25, -0.2) is 0 Å². The van der Waals surface area contributed by atoms with E-state index >= 15 is 0 Å². The number of rotatable bonds is 2. The Morgan fingerprint density at radius 1 is 1.21 bits per heavy atom. The van der Waals surface area contributed by atoms with Crippen molar-refractivity contribution in [2.45, 2.75) is 5.33 Å². The van der Waals surface area contributed by atoms with Crippen LogP contribution in [0.1, 0.15) is 5.89 Å². The molecule has 0 aliphatic carbocycles. The predicted octanol–water partition coefficient (Wildman–Crippen LogP) is 3.39. The average molecular weight is 318 g/mol. The summed E-state index contributed by atoms with van der Waals surface area (Å²) in [5, 5.41) is 8.38. The first-order valence-electron chi connectivity index (χ1n) is 3.94. The quantitative estimate of drug-likeness (QED) is 0.797. The Labute approximate surface area is 97.8 Å². The highest BCUT2D eigenvalue weighted by molar-refractivity contribution is 9.10. The Morgan fingerprint density at radius 2 is 2.00 bits per heavy atom. The molecule has 0 spiro atoms. The molecule has 0 radical (unpaired) electrons. The fourth-order valence-electron chi connectivity index (χ4n) is 1.05. The van der Waals surface area contributed by atoms with Gasteiger partial charge in [0.1, 0.15) is 0 Å². The summed E-state index contributed by atoms with van der Waals surface area (Å²) in [6.07, 6.45) is 0. The predicted molar refractivity (Wildman–Crippen MR) is 60.1 cm³/mol. The highest BCUT2D eigenvalue weighted by Crippen LogP contribution is 2.26. The summed E-state index contributed by atoms with van der Waals surface area (Å²) in [6.45, 7) is 0. The number of hydrogen-bond donors (Lipinski definition) is 0. The molecule has 14 heavy (non-hydrogen) atoms. The molecule has 0 aliphatic rings. The van der Waals surface area contributed by atoms with Gasteiger partial charge in [0.15, 0.2) is 0 Å². The maximum absolute atomic E-state index is 5.40. The zero-order chi connectivity index (χ0) is 9.97. The van der Waals surface area contributed by atoms with E-state index in [1.807, 2.05) is 24.3 Å². The van der Waals surface area contributed by atoms with Crippen molar-refractivity contribution < 1.29 is 4.42 Å². The van der Waals surface area contributed by atoms with Crippen LogP contribution in [-0.4, -0.2) is 10.2 Å². The third kappa shape index (κ3) is 1.88. The second-order valence-corrected chi connectivity index (χ2v) is 4.03. The fraction of sp³-hybridized carbons (Fsp3) is 0.111. The largest absolute Gasteiger partial charge is 0.420 e. The summed E-state index contributed by atoms with van der Waals surface area (Å²) in [7, 11) is 0. The maximum atomic E-state index is 5.40. The lowest BCUT2D eigenvalue weighted by Crippen LogP contribution is -1.78. The SMILES string of the molecule is BrCc1nnc(-c2ccccc2Br)o1. The van der Waals surface area contributed by atoms with Gasteiger partial charge in [0.2, 0.25) is 11.8 Å². The van der Waals surface area contributed by atoms with E-state index in [0.29, 0.717) is 17.1 Å². The first-order chi connectivity index (χ1) is 6.81. The Hall–Kier alpha value is -0.680. The minimum absolute atomic E-state index is 0.534. The molecule has 0 saturated heterocycles. The topological polar surface area (TPSA) is 38.9 Å². The lowest BCUT2D eigenvalue weighted by atomic mass is 10.2. The summed E-state index contributed by atoms with van der Waals surface area (Å²) >= 11 is 6.68. The molecule has 5 heteroatoms. The van der Waals surface area contributed by atoms with E-state index in [4.69, 9.17) is 4.42 Å². The van der Waals surface area contributed by atoms with Crippen LogP contribution in [0.25, 0.3) is 11.5 Å². The van der Waals surface area contributed by atoms with E-state index in [2.05, 4.69) is 42.1 Å². The van der Waals surface area contributed by atoms with Crippen LogP contribution in [0.15, 0.2) is 33.2 Å². The summed E-state index contributed by atoms with van der Waals surface area (Å²) in [5.74, 6) is 1.11. The monoisotopic (exact) mass is 316 g/mol. The second-order valence-electron chi connectivity index (χ2n) is 2.61. The van der Waals surface area contributed by atoms with Crippen LogP contribution in [0.5, 0.6) is 0 Å². The molecule has 1 aromatic heterocycles. The van der Waals surface area contributed by atoms with Crippen molar-refractivity contribution in [2.75, 3.05) is 0 Å². The van der Waals surface area contributed by atoms with Gasteiger partial charge in [0, 0.05) is 4.47 Å². The Kier molecular flexibility index (Phi) is 2.98. The van der Waals surface area contributed by atoms with Gasteiger partial charge in [-0.15, -0.1) is 10.2 Å². The van der Waals surface area contributed by atoms with Crippen LogP contribution in [0.2, 0.25) is 0 Å². The number of halogens is 2. The molecule has 72 valence electrons. The smallest absolute Gasteiger partial charge is 0.248 e. The summed E-state index contributed by atoms with van der Waals surface area (Å²) in [6, 6.07) is 7.73. The lowest BCUT2D eigenvalue weighted by Gasteiger charge is -1.96. The third-order valence-electron chi connectivity index (χ3n) is 1.69. The molecule has 0 amide bonds. The van der Waals surface area contributed by atoms with Gasteiger partial charge in [-0.2, -0.15) is 0 Å². The van der Waals surface area contributed by atoms with E-state index in [9.17, 15) is 0 Å². The number of alkyl halides is 1. The Morgan fingerprint density at radius 3 is 2.64 bits per heavy atom. The van der Waals surface area contributed by atoms with E-state index in [-0.39, 0.29) is 0 Å². The zero-order valence-electron chi connectivity index (χ0n) is 7.08. The molecule has 0 unspecified atom stereocenters. The highest BCUT2D eigenvalue weighted by atomic mass is 79.9. The van der Waals surface area contributed by atoms with Crippen molar-refractivity contribution in [3.8, 4) is 11.5 Å². The van der Waals surface area contributed by atoms with E-state index in [1.54, 1.807) is 0 Å². The molecule has 0 aliphatic heterocycles. The highest BCUT2D eigenvalue weighted by Gasteiger charge is 2.09. The van der Waals surface area contributed by atoms with Crippen LogP contribution >= 0.6 is 31.9 Å². The van der Waals surface area contributed by atoms with Crippen molar-refractivity contribution in [2.24, 2.45) is 0 Å². The van der Waals surface area contributed by atoms with Crippen LogP contribution in [0, 0.1) is 0 Å². The van der Waals surface area contributed by atoms with Gasteiger partial charge in [-0.1, -0.05) is 28.1 Å². The van der Waals surface area contributed by atoms with Gasteiger partial charge in [0.25, 0.3) is 0 Å². The Balaban J connectivity index is 2.44. The number of nitrogens with zero attached hydrogens (tertiary/aromatic N) is 2. The molecule has 0 fully saturated rings. The molecule has 0 N–H and O–H groups in total. The molecular weight excluding hydrogens is 312 g/mol. The summed E-state index contributed by atoms with van der Waals surface area (Å²) in [4.78, 5) is 0. The Bertz CT molecular complexity index is 442. The molecule has 0 atom stereocenters. The minimum atomic E-state index is 0.534. The normalized spacial score (nSPS) is 10.4. The molecule has 2 rings (SSSR count). The van der Waals surface area contributed by atoms with Crippen molar-refractivity contribution in [3.63, 3.8) is 0 Å². The fourth-order valence-corrected chi connectivity index (χ4v) is 1.73. The van der Waals surface area contributed by atoms with Gasteiger partial charge in [-0.3, -0.25) is 0 Å². The lowest BCUT2D eigenvalue weighted by molar-refractivity contribution is 0.529. The van der Waals surface area contributed by atoms with E-state index in [1.165, 1.54) is 0 Å². The van der Waals surface area contributed by atoms with Gasteiger partial charge in [0.05, 0.1) is 10.9 Å². The van der Waals surface area contributed by atoms with Gasteiger partial charge in [-0.05, 0) is 28.1 Å². The van der Waals surface area contributed by atoms with E-state index < -0.39 is 0 Å². The van der Waals surface area contributed by atoms with Crippen LogP contribution in [-0.2, 0) is 5.33 Å². The molecule has 2 aromatic rings. The van der Waals surface area contributed by atoms with Gasteiger partial charge < -0.3 is 4.42 Å². The summed E-state index contributed by atoms with van der Waals surface area (Å²) < 4.78 is 6.35. The van der Waals surface area contributed by atoms with E-state index in [0.717, 1.165) is 10.0 Å². The first kappa shape index (κ1) is 9.86. The maximum Gasteiger partial charge on any atom is 0.248 e.